The van der Waals surface area contributed by atoms with E-state index in [0.29, 0.717) is 5.92 Å². The standard InChI is InChI=1S/C18H29N3O/c1-3-4-5-8-12-20-18(19-2)21-14-15-11-13-22-17-10-7-6-9-16(15)17/h6-7,9-10,15H,3-5,8,11-14H2,1-2H3,(H2,19,20,21). The van der Waals surface area contributed by atoms with Crippen LogP contribution in [0, 0.1) is 0 Å². The molecule has 1 heterocycles. The minimum Gasteiger partial charge on any atom is -0.493 e. The van der Waals surface area contributed by atoms with Crippen LogP contribution < -0.4 is 15.4 Å². The number of hydrogen-bond donors (Lipinski definition) is 2. The van der Waals surface area contributed by atoms with Crippen LogP contribution in [0.1, 0.15) is 50.5 Å². The maximum absolute atomic E-state index is 5.72. The number of aliphatic imine (C=N–C) groups is 1. The summed E-state index contributed by atoms with van der Waals surface area (Å²) in [7, 11) is 1.83. The van der Waals surface area contributed by atoms with E-state index < -0.39 is 0 Å². The second-order valence-corrected chi connectivity index (χ2v) is 5.81. The first kappa shape index (κ1) is 16.7. The Morgan fingerprint density at radius 3 is 2.91 bits per heavy atom. The first-order valence-corrected chi connectivity index (χ1v) is 8.51. The third kappa shape index (κ3) is 4.93. The first-order chi connectivity index (χ1) is 10.8. The number of ether oxygens (including phenoxy) is 1. The molecule has 0 radical (unpaired) electrons. The van der Waals surface area contributed by atoms with Gasteiger partial charge in [-0.1, -0.05) is 44.4 Å². The lowest BCUT2D eigenvalue weighted by Gasteiger charge is -2.26. The Balaban J connectivity index is 1.77. The quantitative estimate of drug-likeness (QED) is 0.461. The summed E-state index contributed by atoms with van der Waals surface area (Å²) in [5.41, 5.74) is 1.31. The highest BCUT2D eigenvalue weighted by Crippen LogP contribution is 2.32. The number of rotatable bonds is 7. The number of nitrogens with zero attached hydrogens (tertiary/aromatic N) is 1. The zero-order valence-electron chi connectivity index (χ0n) is 13.9. The molecule has 0 amide bonds. The lowest BCUT2D eigenvalue weighted by Crippen LogP contribution is -2.40. The molecule has 1 unspecified atom stereocenters. The molecule has 0 fully saturated rings. The van der Waals surface area contributed by atoms with E-state index in [1.807, 2.05) is 13.1 Å². The Bertz CT molecular complexity index is 473. The number of para-hydroxylation sites is 1. The molecule has 4 nitrogen and oxygen atoms in total. The molecule has 22 heavy (non-hydrogen) atoms. The fourth-order valence-corrected chi connectivity index (χ4v) is 2.83. The molecular formula is C18H29N3O. The van der Waals surface area contributed by atoms with Crippen molar-refractivity contribution in [3.05, 3.63) is 29.8 Å². The van der Waals surface area contributed by atoms with E-state index in [2.05, 4.69) is 40.7 Å². The fraction of sp³-hybridized carbons (Fsp3) is 0.611. The van der Waals surface area contributed by atoms with Gasteiger partial charge in [0.05, 0.1) is 6.61 Å². The van der Waals surface area contributed by atoms with Crippen molar-refractivity contribution in [3.8, 4) is 5.75 Å². The van der Waals surface area contributed by atoms with Gasteiger partial charge in [-0.15, -0.1) is 0 Å². The Morgan fingerprint density at radius 1 is 1.23 bits per heavy atom. The zero-order valence-corrected chi connectivity index (χ0v) is 13.9. The smallest absolute Gasteiger partial charge is 0.190 e. The minimum atomic E-state index is 0.489. The largest absolute Gasteiger partial charge is 0.493 e. The molecule has 0 saturated carbocycles. The summed E-state index contributed by atoms with van der Waals surface area (Å²) in [6.07, 6.45) is 6.13. The van der Waals surface area contributed by atoms with Crippen LogP contribution in [0.4, 0.5) is 0 Å². The fourth-order valence-electron chi connectivity index (χ4n) is 2.83. The number of nitrogens with one attached hydrogen (secondary N) is 2. The molecule has 1 aromatic rings. The molecule has 2 rings (SSSR count). The molecule has 4 heteroatoms. The zero-order chi connectivity index (χ0) is 15.6. The SMILES string of the molecule is CCCCCCNC(=NC)NCC1CCOc2ccccc21. The van der Waals surface area contributed by atoms with Crippen molar-refractivity contribution in [1.29, 1.82) is 0 Å². The summed E-state index contributed by atoms with van der Waals surface area (Å²) < 4.78 is 5.72. The van der Waals surface area contributed by atoms with Crippen LogP contribution in [0.15, 0.2) is 29.3 Å². The van der Waals surface area contributed by atoms with Crippen LogP contribution in [0.5, 0.6) is 5.75 Å². The minimum absolute atomic E-state index is 0.489. The number of fused-ring (bicyclic) bond motifs is 1. The molecular weight excluding hydrogens is 274 g/mol. The Kier molecular flexibility index (Phi) is 7.07. The molecule has 122 valence electrons. The highest BCUT2D eigenvalue weighted by Gasteiger charge is 2.20. The van der Waals surface area contributed by atoms with Crippen molar-refractivity contribution in [1.82, 2.24) is 10.6 Å². The van der Waals surface area contributed by atoms with Gasteiger partial charge >= 0.3 is 0 Å². The van der Waals surface area contributed by atoms with Crippen molar-refractivity contribution in [3.63, 3.8) is 0 Å². The average molecular weight is 303 g/mol. The van der Waals surface area contributed by atoms with Gasteiger partial charge in [0.1, 0.15) is 5.75 Å². The van der Waals surface area contributed by atoms with Crippen molar-refractivity contribution in [2.24, 2.45) is 4.99 Å². The van der Waals surface area contributed by atoms with Crippen LogP contribution in [0.2, 0.25) is 0 Å². The summed E-state index contributed by atoms with van der Waals surface area (Å²) >= 11 is 0. The highest BCUT2D eigenvalue weighted by atomic mass is 16.5. The van der Waals surface area contributed by atoms with Crippen molar-refractivity contribution in [2.45, 2.75) is 44.9 Å². The second-order valence-electron chi connectivity index (χ2n) is 5.81. The Hall–Kier alpha value is -1.71. The van der Waals surface area contributed by atoms with Gasteiger partial charge in [-0.3, -0.25) is 4.99 Å². The number of benzene rings is 1. The Morgan fingerprint density at radius 2 is 2.09 bits per heavy atom. The van der Waals surface area contributed by atoms with Crippen LogP contribution in [0.3, 0.4) is 0 Å². The van der Waals surface area contributed by atoms with Crippen molar-refractivity contribution >= 4 is 5.96 Å². The monoisotopic (exact) mass is 303 g/mol. The van der Waals surface area contributed by atoms with Gasteiger partial charge in [0.2, 0.25) is 0 Å². The predicted molar refractivity (Wildman–Crippen MR) is 92.8 cm³/mol. The molecule has 0 spiro atoms. The van der Waals surface area contributed by atoms with Crippen LogP contribution in [-0.4, -0.2) is 32.7 Å². The second kappa shape index (κ2) is 9.34. The summed E-state index contributed by atoms with van der Waals surface area (Å²) in [5.74, 6) is 2.42. The van der Waals surface area contributed by atoms with E-state index >= 15 is 0 Å². The molecule has 0 aliphatic carbocycles. The molecule has 0 bridgehead atoms. The van der Waals surface area contributed by atoms with E-state index in [4.69, 9.17) is 4.74 Å². The molecule has 1 aromatic carbocycles. The molecule has 1 aliphatic rings. The first-order valence-electron chi connectivity index (χ1n) is 8.51. The van der Waals surface area contributed by atoms with Gasteiger partial charge in [-0.25, -0.2) is 0 Å². The van der Waals surface area contributed by atoms with Gasteiger partial charge in [0.25, 0.3) is 0 Å². The van der Waals surface area contributed by atoms with Gasteiger partial charge in [0, 0.05) is 26.1 Å². The third-order valence-corrected chi connectivity index (χ3v) is 4.15. The van der Waals surface area contributed by atoms with E-state index in [0.717, 1.165) is 37.8 Å². The number of unbranched alkanes of at least 4 members (excludes halogenated alkanes) is 3. The maximum atomic E-state index is 5.72. The lowest BCUT2D eigenvalue weighted by atomic mass is 9.93. The summed E-state index contributed by atoms with van der Waals surface area (Å²) in [5, 5.41) is 6.85. The van der Waals surface area contributed by atoms with Gasteiger partial charge in [-0.2, -0.15) is 0 Å². The van der Waals surface area contributed by atoms with E-state index in [-0.39, 0.29) is 0 Å². The molecule has 0 saturated heterocycles. The van der Waals surface area contributed by atoms with Gasteiger partial charge < -0.3 is 15.4 Å². The molecule has 2 N–H and O–H groups in total. The van der Waals surface area contributed by atoms with Gasteiger partial charge in [-0.05, 0) is 24.5 Å². The summed E-state index contributed by atoms with van der Waals surface area (Å²) in [4.78, 5) is 4.31. The topological polar surface area (TPSA) is 45.7 Å². The van der Waals surface area contributed by atoms with Crippen LogP contribution in [-0.2, 0) is 0 Å². The van der Waals surface area contributed by atoms with Crippen molar-refractivity contribution < 1.29 is 4.74 Å². The van der Waals surface area contributed by atoms with Crippen LogP contribution in [0.25, 0.3) is 0 Å². The number of guanidine groups is 1. The molecule has 1 aliphatic heterocycles. The van der Waals surface area contributed by atoms with E-state index in [1.54, 1.807) is 0 Å². The van der Waals surface area contributed by atoms with Crippen LogP contribution >= 0.6 is 0 Å². The third-order valence-electron chi connectivity index (χ3n) is 4.15. The van der Waals surface area contributed by atoms with E-state index in [9.17, 15) is 0 Å². The van der Waals surface area contributed by atoms with Crippen molar-refractivity contribution in [2.75, 3.05) is 26.7 Å². The van der Waals surface area contributed by atoms with Gasteiger partial charge in [0.15, 0.2) is 5.96 Å². The lowest BCUT2D eigenvalue weighted by molar-refractivity contribution is 0.267. The average Bonchev–Trinajstić information content (AvgIpc) is 2.57. The predicted octanol–water partition coefficient (Wildman–Crippen LogP) is 3.30. The normalized spacial score (nSPS) is 17.5. The Labute approximate surface area is 134 Å². The highest BCUT2D eigenvalue weighted by molar-refractivity contribution is 5.79. The maximum Gasteiger partial charge on any atom is 0.190 e. The summed E-state index contributed by atoms with van der Waals surface area (Å²) in [6, 6.07) is 8.34. The van der Waals surface area contributed by atoms with E-state index in [1.165, 1.54) is 31.2 Å². The number of hydrogen-bond acceptors (Lipinski definition) is 2. The molecule has 0 aromatic heterocycles. The summed E-state index contributed by atoms with van der Waals surface area (Å²) in [6.45, 7) is 4.92. The molecule has 1 atom stereocenters.